The molecule has 0 fully saturated rings. The molecule has 2 aromatic rings. The Morgan fingerprint density at radius 1 is 1.27 bits per heavy atom. The molecule has 1 amide bonds. The number of carbonyl (C=O) groups is 1. The molecule has 0 unspecified atom stereocenters. The number of halogens is 1. The zero-order valence-corrected chi connectivity index (χ0v) is 15.7. The minimum atomic E-state index is -0.992. The monoisotopic (exact) mass is 375 g/mol. The summed E-state index contributed by atoms with van der Waals surface area (Å²) in [5.74, 6) is 0.262. The van der Waals surface area contributed by atoms with Crippen LogP contribution in [0.2, 0.25) is 5.02 Å². The van der Waals surface area contributed by atoms with Crippen molar-refractivity contribution in [2.75, 3.05) is 0 Å². The maximum Gasteiger partial charge on any atom is 0.243 e. The maximum atomic E-state index is 12.3. The number of nitrogens with zero attached hydrogens (tertiary/aromatic N) is 1. The number of hydrogen-bond donors (Lipinski definition) is 1. The van der Waals surface area contributed by atoms with Crippen molar-refractivity contribution >= 4 is 17.5 Å². The molecule has 5 nitrogen and oxygen atoms in total. The van der Waals surface area contributed by atoms with Crippen molar-refractivity contribution < 1.29 is 19.5 Å². The van der Waals surface area contributed by atoms with Crippen molar-refractivity contribution in [2.24, 2.45) is 0 Å². The zero-order valence-electron chi connectivity index (χ0n) is 15.0. The van der Waals surface area contributed by atoms with Crippen LogP contribution in [0.1, 0.15) is 37.9 Å². The summed E-state index contributed by atoms with van der Waals surface area (Å²) in [6.07, 6.45) is -0.992. The Morgan fingerprint density at radius 2 is 1.96 bits per heavy atom. The van der Waals surface area contributed by atoms with E-state index in [2.05, 4.69) is 0 Å². The lowest BCUT2D eigenvalue weighted by Crippen LogP contribution is -2.54. The van der Waals surface area contributed by atoms with Gasteiger partial charge in [0.25, 0.3) is 0 Å². The lowest BCUT2D eigenvalue weighted by atomic mass is 9.86. The lowest BCUT2D eigenvalue weighted by Gasteiger charge is -2.45. The molecule has 0 radical (unpaired) electrons. The van der Waals surface area contributed by atoms with Crippen molar-refractivity contribution in [3.05, 3.63) is 64.7 Å². The fourth-order valence-electron chi connectivity index (χ4n) is 3.08. The quantitative estimate of drug-likeness (QED) is 0.823. The van der Waals surface area contributed by atoms with E-state index in [1.54, 1.807) is 32.0 Å². The van der Waals surface area contributed by atoms with E-state index in [0.29, 0.717) is 16.3 Å². The molecule has 0 aliphatic carbocycles. The lowest BCUT2D eigenvalue weighted by molar-refractivity contribution is -0.232. The van der Waals surface area contributed by atoms with Gasteiger partial charge in [-0.15, -0.1) is 0 Å². The molecule has 0 saturated heterocycles. The van der Waals surface area contributed by atoms with Crippen LogP contribution in [0.25, 0.3) is 0 Å². The largest absolute Gasteiger partial charge is 0.485 e. The van der Waals surface area contributed by atoms with Crippen LogP contribution in [0, 0.1) is 0 Å². The molecule has 0 bridgehead atoms. The van der Waals surface area contributed by atoms with Crippen molar-refractivity contribution in [1.29, 1.82) is 0 Å². The van der Waals surface area contributed by atoms with E-state index in [1.165, 1.54) is 12.0 Å². The maximum absolute atomic E-state index is 12.3. The summed E-state index contributed by atoms with van der Waals surface area (Å²) in [6.45, 7) is 5.17. The van der Waals surface area contributed by atoms with Gasteiger partial charge in [0.1, 0.15) is 30.1 Å². The number of carbonyl (C=O) groups excluding carboxylic acids is 1. The molecule has 0 saturated carbocycles. The second-order valence-corrected chi connectivity index (χ2v) is 7.32. The van der Waals surface area contributed by atoms with Crippen molar-refractivity contribution in [2.45, 2.75) is 45.1 Å². The average molecular weight is 376 g/mol. The van der Waals surface area contributed by atoms with Crippen LogP contribution in [0.4, 0.5) is 0 Å². The highest BCUT2D eigenvalue weighted by Crippen LogP contribution is 2.44. The number of aliphatic hydroxyl groups is 1. The fraction of sp³-hybridized carbons (Fsp3) is 0.350. The first-order chi connectivity index (χ1) is 12.3. The highest BCUT2D eigenvalue weighted by molar-refractivity contribution is 6.30. The summed E-state index contributed by atoms with van der Waals surface area (Å²) < 4.78 is 5.91. The number of fused-ring (bicyclic) bond motifs is 1. The number of amides is 1. The van der Waals surface area contributed by atoms with E-state index in [1.807, 2.05) is 30.3 Å². The van der Waals surface area contributed by atoms with Gasteiger partial charge in [0, 0.05) is 17.5 Å². The molecule has 3 rings (SSSR count). The Morgan fingerprint density at radius 3 is 2.62 bits per heavy atom. The van der Waals surface area contributed by atoms with Crippen LogP contribution in [0.15, 0.2) is 48.5 Å². The third-order valence-electron chi connectivity index (χ3n) is 4.45. The minimum absolute atomic E-state index is 0.209. The molecular weight excluding hydrogens is 354 g/mol. The van der Waals surface area contributed by atoms with E-state index >= 15 is 0 Å². The Labute approximate surface area is 158 Å². The molecule has 138 valence electrons. The molecule has 1 aliphatic rings. The molecule has 0 aromatic heterocycles. The molecule has 0 spiro atoms. The zero-order chi connectivity index (χ0) is 18.9. The van der Waals surface area contributed by atoms with Gasteiger partial charge in [-0.3, -0.25) is 9.63 Å². The van der Waals surface area contributed by atoms with E-state index in [4.69, 9.17) is 21.2 Å². The fourth-order valence-corrected chi connectivity index (χ4v) is 3.26. The highest BCUT2D eigenvalue weighted by atomic mass is 35.5. The molecule has 2 aromatic carbocycles. The van der Waals surface area contributed by atoms with Crippen LogP contribution < -0.4 is 4.74 Å². The molecule has 1 N–H and O–H groups in total. The van der Waals surface area contributed by atoms with Crippen LogP contribution >= 0.6 is 11.6 Å². The normalized spacial score (nSPS) is 20.8. The predicted octanol–water partition coefficient (Wildman–Crippen LogP) is 3.89. The van der Waals surface area contributed by atoms with E-state index < -0.39 is 17.7 Å². The van der Waals surface area contributed by atoms with Crippen molar-refractivity contribution in [1.82, 2.24) is 5.06 Å². The Hall–Kier alpha value is -2.08. The van der Waals surface area contributed by atoms with Gasteiger partial charge >= 0.3 is 0 Å². The Kier molecular flexibility index (Phi) is 5.23. The van der Waals surface area contributed by atoms with Gasteiger partial charge in [-0.1, -0.05) is 41.9 Å². The molecule has 26 heavy (non-hydrogen) atoms. The van der Waals surface area contributed by atoms with E-state index in [-0.39, 0.29) is 12.5 Å². The van der Waals surface area contributed by atoms with Crippen molar-refractivity contribution in [3.63, 3.8) is 0 Å². The van der Waals surface area contributed by atoms with Gasteiger partial charge < -0.3 is 9.84 Å². The van der Waals surface area contributed by atoms with E-state index in [9.17, 15) is 9.90 Å². The molecule has 6 heteroatoms. The summed E-state index contributed by atoms with van der Waals surface area (Å²) in [5.41, 5.74) is 0.647. The molecule has 1 heterocycles. The number of ether oxygens (including phenoxy) is 1. The topological polar surface area (TPSA) is 59.0 Å². The molecule has 2 atom stereocenters. The first-order valence-corrected chi connectivity index (χ1v) is 8.80. The number of hydroxylamine groups is 2. The van der Waals surface area contributed by atoms with Gasteiger partial charge in [-0.05, 0) is 37.6 Å². The van der Waals surface area contributed by atoms with Crippen LogP contribution in [-0.2, 0) is 16.2 Å². The smallest absolute Gasteiger partial charge is 0.243 e. The minimum Gasteiger partial charge on any atom is -0.485 e. The van der Waals surface area contributed by atoms with Crippen LogP contribution in [0.3, 0.4) is 0 Å². The number of hydrogen-bond acceptors (Lipinski definition) is 4. The summed E-state index contributed by atoms with van der Waals surface area (Å²) >= 11 is 6.14. The second-order valence-electron chi connectivity index (χ2n) is 6.88. The van der Waals surface area contributed by atoms with Gasteiger partial charge in [-0.2, -0.15) is 0 Å². The van der Waals surface area contributed by atoms with Crippen LogP contribution in [-0.4, -0.2) is 27.8 Å². The second kappa shape index (κ2) is 7.27. The van der Waals surface area contributed by atoms with Crippen LogP contribution in [0.5, 0.6) is 5.75 Å². The van der Waals surface area contributed by atoms with Gasteiger partial charge in [0.15, 0.2) is 0 Å². The molecular formula is C20H22ClNO4. The standard InChI is InChI=1S/C20H22ClNO4/c1-13(23)22(25-12-14-7-5-4-6-8-14)18-16-11-15(21)9-10-17(16)26-20(2,3)19(18)24/h4-11,18-19,24H,12H2,1-3H3/t18-,19+/m0/s1. The third-order valence-corrected chi connectivity index (χ3v) is 4.69. The molecule has 1 aliphatic heterocycles. The summed E-state index contributed by atoms with van der Waals surface area (Å²) in [4.78, 5) is 18.1. The van der Waals surface area contributed by atoms with Crippen molar-refractivity contribution in [3.8, 4) is 5.75 Å². The Balaban J connectivity index is 1.96. The SMILES string of the molecule is CC(=O)N(OCc1ccccc1)[C@H]1c2cc(Cl)ccc2OC(C)(C)[C@@H]1O. The number of benzene rings is 2. The predicted molar refractivity (Wildman–Crippen MR) is 98.7 cm³/mol. The summed E-state index contributed by atoms with van der Waals surface area (Å²) in [5, 5.41) is 12.6. The van der Waals surface area contributed by atoms with E-state index in [0.717, 1.165) is 5.56 Å². The third kappa shape index (κ3) is 3.70. The first-order valence-electron chi connectivity index (χ1n) is 8.43. The Bertz CT molecular complexity index is 794. The van der Waals surface area contributed by atoms with Gasteiger partial charge in [0.2, 0.25) is 5.91 Å². The number of rotatable bonds is 4. The van der Waals surface area contributed by atoms with Gasteiger partial charge in [-0.25, -0.2) is 5.06 Å². The highest BCUT2D eigenvalue weighted by Gasteiger charge is 2.47. The average Bonchev–Trinajstić information content (AvgIpc) is 2.59. The summed E-state index contributed by atoms with van der Waals surface area (Å²) in [6, 6.07) is 14.0. The van der Waals surface area contributed by atoms with Gasteiger partial charge in [0.05, 0.1) is 0 Å². The first kappa shape index (κ1) is 18.7. The number of aliphatic hydroxyl groups excluding tert-OH is 1. The summed E-state index contributed by atoms with van der Waals surface area (Å²) in [7, 11) is 0.